The van der Waals surface area contributed by atoms with Gasteiger partial charge in [-0.2, -0.15) is 0 Å². The number of aliphatic hydroxyl groups excluding tert-OH is 1. The van der Waals surface area contributed by atoms with Crippen LogP contribution in [0.3, 0.4) is 0 Å². The standard InChI is InChI=1S/C12H20N4O2/c1-7(2)10-14-11(16-15-10)12(18)13-8-3-5-9(17)6-4-8/h7-9,17H,3-6H2,1-2H3,(H,13,18)(H,14,15,16). The average molecular weight is 252 g/mol. The summed E-state index contributed by atoms with van der Waals surface area (Å²) in [7, 11) is 0. The Morgan fingerprint density at radius 1 is 1.39 bits per heavy atom. The lowest BCUT2D eigenvalue weighted by atomic mass is 9.93. The second-order valence-electron chi connectivity index (χ2n) is 5.18. The van der Waals surface area contributed by atoms with Gasteiger partial charge in [-0.15, -0.1) is 5.10 Å². The minimum absolute atomic E-state index is 0.127. The van der Waals surface area contributed by atoms with Gasteiger partial charge in [0.05, 0.1) is 6.10 Å². The lowest BCUT2D eigenvalue weighted by Gasteiger charge is -2.25. The molecule has 0 unspecified atom stereocenters. The number of aromatic amines is 1. The fourth-order valence-electron chi connectivity index (χ4n) is 2.10. The van der Waals surface area contributed by atoms with Gasteiger partial charge in [-0.3, -0.25) is 9.89 Å². The van der Waals surface area contributed by atoms with Crippen LogP contribution in [-0.2, 0) is 0 Å². The molecule has 0 atom stereocenters. The van der Waals surface area contributed by atoms with Crippen molar-refractivity contribution in [2.45, 2.75) is 57.6 Å². The second kappa shape index (κ2) is 5.48. The van der Waals surface area contributed by atoms with E-state index in [0.29, 0.717) is 0 Å². The van der Waals surface area contributed by atoms with Crippen molar-refractivity contribution >= 4 is 5.91 Å². The van der Waals surface area contributed by atoms with Gasteiger partial charge in [0.2, 0.25) is 5.82 Å². The van der Waals surface area contributed by atoms with E-state index in [1.54, 1.807) is 0 Å². The maximum atomic E-state index is 11.9. The summed E-state index contributed by atoms with van der Waals surface area (Å²) in [4.78, 5) is 16.1. The number of rotatable bonds is 3. The van der Waals surface area contributed by atoms with Crippen molar-refractivity contribution in [1.82, 2.24) is 20.5 Å². The van der Waals surface area contributed by atoms with Crippen LogP contribution in [-0.4, -0.2) is 38.3 Å². The van der Waals surface area contributed by atoms with E-state index in [-0.39, 0.29) is 29.8 Å². The van der Waals surface area contributed by atoms with Crippen molar-refractivity contribution in [1.29, 1.82) is 0 Å². The Hall–Kier alpha value is -1.43. The van der Waals surface area contributed by atoms with E-state index < -0.39 is 0 Å². The molecule has 1 aromatic heterocycles. The van der Waals surface area contributed by atoms with Crippen LogP contribution in [0.5, 0.6) is 0 Å². The molecule has 6 heteroatoms. The normalized spacial score (nSPS) is 24.2. The Morgan fingerprint density at radius 3 is 2.61 bits per heavy atom. The highest BCUT2D eigenvalue weighted by molar-refractivity contribution is 5.90. The molecule has 1 aromatic rings. The van der Waals surface area contributed by atoms with Crippen molar-refractivity contribution < 1.29 is 9.90 Å². The molecule has 6 nitrogen and oxygen atoms in total. The molecule has 1 aliphatic rings. The summed E-state index contributed by atoms with van der Waals surface area (Å²) in [6.07, 6.45) is 2.91. The molecule has 2 rings (SSSR count). The van der Waals surface area contributed by atoms with Crippen LogP contribution in [0.25, 0.3) is 0 Å². The van der Waals surface area contributed by atoms with Gasteiger partial charge < -0.3 is 10.4 Å². The molecule has 0 saturated heterocycles. The Balaban J connectivity index is 1.91. The Bertz CT molecular complexity index is 408. The SMILES string of the molecule is CC(C)c1nc(C(=O)NC2CCC(O)CC2)n[nH]1. The maximum absolute atomic E-state index is 11.9. The topological polar surface area (TPSA) is 90.9 Å². The van der Waals surface area contributed by atoms with Crippen LogP contribution in [0, 0.1) is 0 Å². The third kappa shape index (κ3) is 3.07. The quantitative estimate of drug-likeness (QED) is 0.747. The van der Waals surface area contributed by atoms with E-state index in [2.05, 4.69) is 20.5 Å². The van der Waals surface area contributed by atoms with Crippen LogP contribution >= 0.6 is 0 Å². The number of carbonyl (C=O) groups is 1. The molecule has 1 saturated carbocycles. The number of hydrogen-bond acceptors (Lipinski definition) is 4. The summed E-state index contributed by atoms with van der Waals surface area (Å²) in [6.45, 7) is 3.98. The highest BCUT2D eigenvalue weighted by atomic mass is 16.3. The third-order valence-corrected chi connectivity index (χ3v) is 3.28. The molecule has 0 bridgehead atoms. The van der Waals surface area contributed by atoms with Crippen molar-refractivity contribution in [2.75, 3.05) is 0 Å². The van der Waals surface area contributed by atoms with Crippen LogP contribution in [0.4, 0.5) is 0 Å². The highest BCUT2D eigenvalue weighted by Crippen LogP contribution is 2.18. The fraction of sp³-hybridized carbons (Fsp3) is 0.750. The van der Waals surface area contributed by atoms with Crippen molar-refractivity contribution in [2.24, 2.45) is 0 Å². The van der Waals surface area contributed by atoms with Crippen LogP contribution in [0.15, 0.2) is 0 Å². The molecule has 1 aliphatic carbocycles. The van der Waals surface area contributed by atoms with E-state index >= 15 is 0 Å². The maximum Gasteiger partial charge on any atom is 0.291 e. The number of carbonyl (C=O) groups excluding carboxylic acids is 1. The smallest absolute Gasteiger partial charge is 0.291 e. The van der Waals surface area contributed by atoms with Gasteiger partial charge >= 0.3 is 0 Å². The molecule has 1 amide bonds. The summed E-state index contributed by atoms with van der Waals surface area (Å²) >= 11 is 0. The van der Waals surface area contributed by atoms with Crippen LogP contribution < -0.4 is 5.32 Å². The zero-order valence-corrected chi connectivity index (χ0v) is 10.8. The monoisotopic (exact) mass is 252 g/mol. The molecule has 0 spiro atoms. The van der Waals surface area contributed by atoms with Gasteiger partial charge in [-0.05, 0) is 25.7 Å². The second-order valence-corrected chi connectivity index (χ2v) is 5.18. The van der Waals surface area contributed by atoms with Gasteiger partial charge in [0.15, 0.2) is 0 Å². The number of amides is 1. The molecular weight excluding hydrogens is 232 g/mol. The molecule has 0 aliphatic heterocycles. The van der Waals surface area contributed by atoms with Gasteiger partial charge in [0.25, 0.3) is 5.91 Å². The zero-order valence-electron chi connectivity index (χ0n) is 10.8. The van der Waals surface area contributed by atoms with Gasteiger partial charge in [0, 0.05) is 12.0 Å². The summed E-state index contributed by atoms with van der Waals surface area (Å²) in [5.74, 6) is 0.910. The number of nitrogens with zero attached hydrogens (tertiary/aromatic N) is 2. The molecule has 3 N–H and O–H groups in total. The summed E-state index contributed by atoms with van der Waals surface area (Å²) in [5.41, 5.74) is 0. The predicted molar refractivity (Wildman–Crippen MR) is 66.2 cm³/mol. The Morgan fingerprint density at radius 2 is 2.06 bits per heavy atom. The minimum Gasteiger partial charge on any atom is -0.393 e. The van der Waals surface area contributed by atoms with Crippen LogP contribution in [0.1, 0.15) is 61.9 Å². The average Bonchev–Trinajstić information content (AvgIpc) is 2.81. The number of H-pyrrole nitrogens is 1. The minimum atomic E-state index is -0.237. The zero-order chi connectivity index (χ0) is 13.1. The van der Waals surface area contributed by atoms with Gasteiger partial charge in [-0.25, -0.2) is 4.98 Å². The molecule has 100 valence electrons. The first-order valence-corrected chi connectivity index (χ1v) is 6.47. The van der Waals surface area contributed by atoms with E-state index in [1.807, 2.05) is 13.8 Å². The molecular formula is C12H20N4O2. The lowest BCUT2D eigenvalue weighted by Crippen LogP contribution is -2.39. The third-order valence-electron chi connectivity index (χ3n) is 3.28. The lowest BCUT2D eigenvalue weighted by molar-refractivity contribution is 0.0858. The number of nitrogens with one attached hydrogen (secondary N) is 2. The van der Waals surface area contributed by atoms with Crippen LogP contribution in [0.2, 0.25) is 0 Å². The molecule has 0 aromatic carbocycles. The highest BCUT2D eigenvalue weighted by Gasteiger charge is 2.23. The molecule has 1 fully saturated rings. The first kappa shape index (κ1) is 13.0. The van der Waals surface area contributed by atoms with E-state index in [4.69, 9.17) is 0 Å². The first-order valence-electron chi connectivity index (χ1n) is 6.47. The molecule has 1 heterocycles. The van der Waals surface area contributed by atoms with Crippen molar-refractivity contribution in [3.05, 3.63) is 11.6 Å². The molecule has 18 heavy (non-hydrogen) atoms. The van der Waals surface area contributed by atoms with E-state index in [9.17, 15) is 9.90 Å². The Labute approximate surface area is 106 Å². The summed E-state index contributed by atoms with van der Waals surface area (Å²) in [6, 6.07) is 0.127. The summed E-state index contributed by atoms with van der Waals surface area (Å²) < 4.78 is 0. The fourth-order valence-corrected chi connectivity index (χ4v) is 2.10. The van der Waals surface area contributed by atoms with Crippen molar-refractivity contribution in [3.8, 4) is 0 Å². The van der Waals surface area contributed by atoms with E-state index in [1.165, 1.54) is 0 Å². The predicted octanol–water partition coefficient (Wildman–Crippen LogP) is 0.961. The van der Waals surface area contributed by atoms with Gasteiger partial charge in [0.1, 0.15) is 5.82 Å². The largest absolute Gasteiger partial charge is 0.393 e. The molecule has 0 radical (unpaired) electrons. The van der Waals surface area contributed by atoms with Crippen molar-refractivity contribution in [3.63, 3.8) is 0 Å². The Kier molecular flexibility index (Phi) is 3.96. The number of aromatic nitrogens is 3. The van der Waals surface area contributed by atoms with E-state index in [0.717, 1.165) is 31.5 Å². The number of aliphatic hydroxyl groups is 1. The summed E-state index contributed by atoms with van der Waals surface area (Å²) in [5, 5.41) is 19.0. The van der Waals surface area contributed by atoms with Gasteiger partial charge in [-0.1, -0.05) is 13.8 Å². The first-order chi connectivity index (χ1) is 8.56. The number of hydrogen-bond donors (Lipinski definition) is 3.